The quantitative estimate of drug-likeness (QED) is 0.145. The summed E-state index contributed by atoms with van der Waals surface area (Å²) in [6.07, 6.45) is 42.5. The van der Waals surface area contributed by atoms with Crippen molar-refractivity contribution in [3.05, 3.63) is 0 Å². The Hall–Kier alpha value is -3.50. The van der Waals surface area contributed by atoms with Crippen LogP contribution >= 0.6 is 0 Å². The lowest BCUT2D eigenvalue weighted by Crippen LogP contribution is -2.65. The molecule has 0 amide bonds. The standard InChI is InChI=1S/C94H172N16O4/c1-83(2,3)67-85(7,8)101-77-95-79-99-80(96-77)104(70-61-89(15,16)108(90(17,18)62-70)112-74-49-37-32-38-50-74)56-44-28-30-46-58-106(72-65-93(23,24)110(94(25,26)66-72)114-76-53-41-34-42-54-76)82-98-78(102-86(9,10)68-84(4,5)6)97-81(100-82)105(71-63-91(19,20)109(92(21,22)64-71)113-75-51-39-33-40-52-75)57-45-29-27-43-55-103(79)69-59-87(11,12)107(88(13,14)60-69)111-73-47-35-31-36-48-73/h69-76H,27-68H2,1-26H3,(H,95,96,99,101)(H,97,98,100,102). The summed E-state index contributed by atoms with van der Waals surface area (Å²) in [4.78, 5) is 75.0. The average Bonchev–Trinajstić information content (AvgIpc) is 0.764. The van der Waals surface area contributed by atoms with E-state index in [1.165, 1.54) is 77.0 Å². The summed E-state index contributed by atoms with van der Waals surface area (Å²) in [5, 5.41) is 17.9. The Morgan fingerprint density at radius 3 is 0.614 bits per heavy atom. The van der Waals surface area contributed by atoms with Gasteiger partial charge in [0.25, 0.3) is 0 Å². The molecular weight excluding hydrogens is 1420 g/mol. The summed E-state index contributed by atoms with van der Waals surface area (Å²) in [6.45, 7) is 65.9. The van der Waals surface area contributed by atoms with Crippen molar-refractivity contribution in [2.45, 2.75) is 528 Å². The molecule has 7 heterocycles. The van der Waals surface area contributed by atoms with Crippen LogP contribution < -0.4 is 30.2 Å². The number of rotatable bonds is 18. The fourth-order valence-electron chi connectivity index (χ4n) is 24.4. The molecule has 0 unspecified atom stereocenters. The minimum absolute atomic E-state index is 0.0631. The van der Waals surface area contributed by atoms with Crippen LogP contribution in [0.3, 0.4) is 0 Å². The molecule has 2 aromatic heterocycles. The topological polar surface area (TPSA) is 164 Å². The van der Waals surface area contributed by atoms with Gasteiger partial charge in [0.15, 0.2) is 0 Å². The van der Waals surface area contributed by atoms with Gasteiger partial charge in [-0.25, -0.2) is 0 Å². The Kier molecular flexibility index (Phi) is 29.0. The third-order valence-electron chi connectivity index (χ3n) is 27.5. The minimum atomic E-state index is -0.315. The summed E-state index contributed by atoms with van der Waals surface area (Å²) < 4.78 is 0. The van der Waals surface area contributed by atoms with Crippen LogP contribution in [0.4, 0.5) is 35.7 Å². The predicted octanol–water partition coefficient (Wildman–Crippen LogP) is 22.5. The zero-order chi connectivity index (χ0) is 82.9. The molecule has 4 saturated heterocycles. The van der Waals surface area contributed by atoms with Gasteiger partial charge >= 0.3 is 0 Å². The zero-order valence-corrected chi connectivity index (χ0v) is 78.2. The van der Waals surface area contributed by atoms with Gasteiger partial charge in [-0.1, -0.05) is 144 Å². The molecule has 4 bridgehead atoms. The fourth-order valence-corrected chi connectivity index (χ4v) is 24.4. The summed E-state index contributed by atoms with van der Waals surface area (Å²) in [5.74, 6) is 4.53. The first kappa shape index (κ1) is 91.2. The molecule has 4 aliphatic carbocycles. The first-order chi connectivity index (χ1) is 53.1. The fraction of sp³-hybridized carbons (Fsp3) is 0.936. The van der Waals surface area contributed by atoms with Crippen molar-refractivity contribution >= 4 is 35.7 Å². The number of nitrogens with zero attached hydrogens (tertiary/aromatic N) is 14. The number of piperidine rings is 4. The molecule has 4 saturated carbocycles. The Bertz CT molecular complexity index is 2880. The molecule has 20 nitrogen and oxygen atoms in total. The highest BCUT2D eigenvalue weighted by Crippen LogP contribution is 2.50. The second-order valence-electron chi connectivity index (χ2n) is 47.0. The lowest BCUT2D eigenvalue weighted by atomic mass is 9.78. The van der Waals surface area contributed by atoms with Gasteiger partial charge in [-0.3, -0.25) is 19.4 Å². The summed E-state index contributed by atoms with van der Waals surface area (Å²) in [7, 11) is 0. The van der Waals surface area contributed by atoms with Gasteiger partial charge in [0, 0.05) is 106 Å². The first-order valence-corrected chi connectivity index (χ1v) is 47.1. The molecule has 114 heavy (non-hydrogen) atoms. The maximum absolute atomic E-state index is 7.28. The number of aromatic nitrogens is 6. The van der Waals surface area contributed by atoms with Crippen LogP contribution in [-0.2, 0) is 19.4 Å². The predicted molar refractivity (Wildman–Crippen MR) is 473 cm³/mol. The van der Waals surface area contributed by atoms with E-state index in [1.807, 2.05) is 0 Å². The number of hydrogen-bond donors (Lipinski definition) is 2. The van der Waals surface area contributed by atoms with Crippen molar-refractivity contribution in [2.24, 2.45) is 10.8 Å². The first-order valence-electron chi connectivity index (χ1n) is 47.1. The van der Waals surface area contributed by atoms with Gasteiger partial charge in [0.2, 0.25) is 35.7 Å². The van der Waals surface area contributed by atoms with Gasteiger partial charge in [-0.2, -0.15) is 50.2 Å². The molecule has 0 spiro atoms. The molecule has 0 aromatic carbocycles. The van der Waals surface area contributed by atoms with Gasteiger partial charge in [0.05, 0.1) is 24.4 Å². The van der Waals surface area contributed by atoms with E-state index in [0.29, 0.717) is 11.9 Å². The number of hydrogen-bond acceptors (Lipinski definition) is 20. The van der Waals surface area contributed by atoms with E-state index in [0.717, 1.165) is 217 Å². The van der Waals surface area contributed by atoms with Crippen LogP contribution in [0.25, 0.3) is 0 Å². The highest BCUT2D eigenvalue weighted by molar-refractivity contribution is 5.50. The number of fused-ring (bicyclic) bond motifs is 4. The molecule has 2 aromatic rings. The molecule has 2 N–H and O–H groups in total. The van der Waals surface area contributed by atoms with Crippen LogP contribution in [0.15, 0.2) is 0 Å². The zero-order valence-electron chi connectivity index (χ0n) is 78.2. The van der Waals surface area contributed by atoms with Crippen molar-refractivity contribution in [3.8, 4) is 0 Å². The van der Waals surface area contributed by atoms with Crippen LogP contribution in [0.1, 0.15) is 424 Å². The number of nitrogens with one attached hydrogen (secondary N) is 2. The second kappa shape index (κ2) is 36.3. The molecule has 0 atom stereocenters. The molecule has 652 valence electrons. The molecular formula is C94H172N16O4. The van der Waals surface area contributed by atoms with E-state index < -0.39 is 0 Å². The Labute approximate surface area is 696 Å². The van der Waals surface area contributed by atoms with Crippen LogP contribution in [-0.4, -0.2) is 180 Å². The highest BCUT2D eigenvalue weighted by Gasteiger charge is 2.55. The molecule has 9 aliphatic rings. The minimum Gasteiger partial charge on any atom is -0.349 e. The monoisotopic (exact) mass is 1590 g/mol. The lowest BCUT2D eigenvalue weighted by molar-refractivity contribution is -0.310. The van der Waals surface area contributed by atoms with Gasteiger partial charge in [-0.05, 0) is 291 Å². The van der Waals surface area contributed by atoms with Crippen molar-refractivity contribution in [1.82, 2.24) is 50.2 Å². The van der Waals surface area contributed by atoms with E-state index in [9.17, 15) is 0 Å². The van der Waals surface area contributed by atoms with E-state index in [1.54, 1.807) is 0 Å². The van der Waals surface area contributed by atoms with Crippen molar-refractivity contribution in [1.29, 1.82) is 0 Å². The van der Waals surface area contributed by atoms with E-state index in [4.69, 9.17) is 49.3 Å². The summed E-state index contributed by atoms with van der Waals surface area (Å²) >= 11 is 0. The Morgan fingerprint density at radius 1 is 0.263 bits per heavy atom. The number of hydroxylamine groups is 8. The van der Waals surface area contributed by atoms with E-state index >= 15 is 0 Å². The van der Waals surface area contributed by atoms with Crippen LogP contribution in [0.5, 0.6) is 0 Å². The van der Waals surface area contributed by atoms with Crippen molar-refractivity contribution in [3.63, 3.8) is 0 Å². The van der Waals surface area contributed by atoms with Gasteiger partial charge in [0.1, 0.15) is 0 Å². The number of anilines is 6. The van der Waals surface area contributed by atoms with E-state index in [2.05, 4.69) is 231 Å². The SMILES string of the molecule is CC(C)(C)CC(C)(C)Nc1nc2nc(n1)N(C1CC(C)(C)N(OC3CCCCC3)C(C)(C)C1)CCCCCCN(C1CC(C)(C)N(OC3CCCCC3)C(C)(C)C1)c1nc(NC(C)(C)CC(C)(C)C)nc(n1)N(C1CC(C)(C)N(OC3CCCCC3)C(C)(C)C1)CCCCCCN2C1CC(C)(C)N(OC2CCCCC2)C(C)(C)C1. The third-order valence-corrected chi connectivity index (χ3v) is 27.5. The van der Waals surface area contributed by atoms with Crippen molar-refractivity contribution < 1.29 is 19.4 Å². The highest BCUT2D eigenvalue weighted by atomic mass is 16.7. The molecule has 20 heteroatoms. The molecule has 11 rings (SSSR count). The Morgan fingerprint density at radius 2 is 0.439 bits per heavy atom. The van der Waals surface area contributed by atoms with E-state index in [-0.39, 0.29) is 115 Å². The maximum atomic E-state index is 7.28. The smallest absolute Gasteiger partial charge is 0.232 e. The summed E-state index contributed by atoms with van der Waals surface area (Å²) in [5.41, 5.74) is -2.65. The van der Waals surface area contributed by atoms with Crippen LogP contribution in [0, 0.1) is 10.8 Å². The van der Waals surface area contributed by atoms with Gasteiger partial charge in [-0.15, -0.1) is 0 Å². The van der Waals surface area contributed by atoms with Crippen LogP contribution in [0.2, 0.25) is 0 Å². The van der Waals surface area contributed by atoms with Gasteiger partial charge < -0.3 is 30.2 Å². The second-order valence-corrected chi connectivity index (χ2v) is 47.0. The summed E-state index contributed by atoms with van der Waals surface area (Å²) in [6, 6.07) is 0.528. The Balaban J connectivity index is 1.03. The largest absolute Gasteiger partial charge is 0.349 e. The third kappa shape index (κ3) is 24.0. The van der Waals surface area contributed by atoms with Crippen molar-refractivity contribution in [2.75, 3.05) is 56.4 Å². The maximum Gasteiger partial charge on any atom is 0.232 e. The average molecular weight is 1590 g/mol. The molecule has 0 radical (unpaired) electrons. The normalized spacial score (nSPS) is 26.6. The molecule has 8 fully saturated rings. The lowest BCUT2D eigenvalue weighted by Gasteiger charge is -2.57. The molecule has 5 aliphatic heterocycles.